The van der Waals surface area contributed by atoms with Crippen molar-refractivity contribution in [3.63, 3.8) is 0 Å². The Balaban J connectivity index is 0.00000264. The summed E-state index contributed by atoms with van der Waals surface area (Å²) in [7, 11) is 0. The van der Waals surface area contributed by atoms with Gasteiger partial charge < -0.3 is 20.1 Å². The van der Waals surface area contributed by atoms with Crippen LogP contribution in [0.15, 0.2) is 18.2 Å². The normalized spacial score (nSPS) is 13.5. The van der Waals surface area contributed by atoms with Gasteiger partial charge in [0.15, 0.2) is 0 Å². The van der Waals surface area contributed by atoms with Crippen molar-refractivity contribution in [2.75, 3.05) is 37.7 Å². The fraction of sp³-hybridized carbons (Fsp3) is 0.588. The summed E-state index contributed by atoms with van der Waals surface area (Å²) in [6, 6.07) is 5.94. The highest BCUT2D eigenvalue weighted by atomic mass is 35.5. The molecule has 0 saturated heterocycles. The Morgan fingerprint density at radius 3 is 2.78 bits per heavy atom. The fourth-order valence-corrected chi connectivity index (χ4v) is 2.75. The van der Waals surface area contributed by atoms with Crippen molar-refractivity contribution in [2.45, 2.75) is 32.6 Å². The SMILES string of the molecule is CCN1C(=O)CCc2c(OCCCNCCCO)cccc21.Cl. The zero-order valence-corrected chi connectivity index (χ0v) is 14.5. The van der Waals surface area contributed by atoms with Crippen LogP contribution >= 0.6 is 12.4 Å². The Labute approximate surface area is 144 Å². The van der Waals surface area contributed by atoms with Crippen LogP contribution in [0.25, 0.3) is 0 Å². The van der Waals surface area contributed by atoms with E-state index in [9.17, 15) is 4.79 Å². The van der Waals surface area contributed by atoms with Gasteiger partial charge in [0, 0.05) is 25.1 Å². The number of aliphatic hydroxyl groups excluding tert-OH is 1. The Morgan fingerprint density at radius 1 is 1.26 bits per heavy atom. The molecule has 130 valence electrons. The summed E-state index contributed by atoms with van der Waals surface area (Å²) in [5.74, 6) is 1.10. The van der Waals surface area contributed by atoms with Gasteiger partial charge in [-0.1, -0.05) is 6.07 Å². The van der Waals surface area contributed by atoms with E-state index in [1.165, 1.54) is 0 Å². The molecule has 0 saturated carbocycles. The highest BCUT2D eigenvalue weighted by molar-refractivity contribution is 5.96. The molecule has 0 unspecified atom stereocenters. The number of amides is 1. The minimum absolute atomic E-state index is 0. The third-order valence-corrected chi connectivity index (χ3v) is 3.87. The number of ether oxygens (including phenoxy) is 1. The lowest BCUT2D eigenvalue weighted by atomic mass is 10.00. The number of carbonyl (C=O) groups is 1. The molecule has 1 aliphatic rings. The molecule has 23 heavy (non-hydrogen) atoms. The van der Waals surface area contributed by atoms with Crippen LogP contribution < -0.4 is 15.0 Å². The van der Waals surface area contributed by atoms with E-state index < -0.39 is 0 Å². The highest BCUT2D eigenvalue weighted by Crippen LogP contribution is 2.34. The molecule has 0 spiro atoms. The smallest absolute Gasteiger partial charge is 0.227 e. The molecule has 0 radical (unpaired) electrons. The Kier molecular flexibility index (Phi) is 8.99. The number of rotatable bonds is 9. The lowest BCUT2D eigenvalue weighted by Gasteiger charge is -2.29. The number of fused-ring (bicyclic) bond motifs is 1. The standard InChI is InChI=1S/C17H26N2O3.ClH/c1-2-19-15-6-3-7-16(14(15)8-9-17(19)21)22-13-5-11-18-10-4-12-20;/h3,6-7,18,20H,2,4-5,8-13H2,1H3;1H. The minimum Gasteiger partial charge on any atom is -0.493 e. The van der Waals surface area contributed by atoms with Crippen molar-refractivity contribution < 1.29 is 14.6 Å². The van der Waals surface area contributed by atoms with Gasteiger partial charge in [-0.3, -0.25) is 4.79 Å². The predicted molar refractivity (Wildman–Crippen MR) is 94.7 cm³/mol. The summed E-state index contributed by atoms with van der Waals surface area (Å²) in [6.07, 6.45) is 3.03. The highest BCUT2D eigenvalue weighted by Gasteiger charge is 2.24. The average molecular weight is 343 g/mol. The van der Waals surface area contributed by atoms with Crippen molar-refractivity contribution in [1.82, 2.24) is 5.32 Å². The number of nitrogens with zero attached hydrogens (tertiary/aromatic N) is 1. The molecule has 1 aromatic rings. The summed E-state index contributed by atoms with van der Waals surface area (Å²) in [6.45, 7) is 5.30. The van der Waals surface area contributed by atoms with Gasteiger partial charge in [-0.05, 0) is 51.4 Å². The molecule has 1 heterocycles. The Morgan fingerprint density at radius 2 is 2.04 bits per heavy atom. The summed E-state index contributed by atoms with van der Waals surface area (Å²) in [4.78, 5) is 13.8. The van der Waals surface area contributed by atoms with Gasteiger partial charge in [0.1, 0.15) is 5.75 Å². The molecular formula is C17H27ClN2O3. The van der Waals surface area contributed by atoms with Crippen LogP contribution in [-0.4, -0.2) is 43.9 Å². The van der Waals surface area contributed by atoms with Crippen LogP contribution in [-0.2, 0) is 11.2 Å². The monoisotopic (exact) mass is 342 g/mol. The van der Waals surface area contributed by atoms with E-state index in [-0.39, 0.29) is 24.9 Å². The molecular weight excluding hydrogens is 316 g/mol. The molecule has 2 N–H and O–H groups in total. The zero-order valence-electron chi connectivity index (χ0n) is 13.7. The van der Waals surface area contributed by atoms with Gasteiger partial charge in [-0.15, -0.1) is 12.4 Å². The molecule has 0 atom stereocenters. The van der Waals surface area contributed by atoms with Gasteiger partial charge >= 0.3 is 0 Å². The molecule has 1 amide bonds. The Bertz CT molecular complexity index is 497. The average Bonchev–Trinajstić information content (AvgIpc) is 2.54. The van der Waals surface area contributed by atoms with E-state index >= 15 is 0 Å². The summed E-state index contributed by atoms with van der Waals surface area (Å²) in [5, 5.41) is 12.0. The van der Waals surface area contributed by atoms with Gasteiger partial charge in [0.25, 0.3) is 0 Å². The van der Waals surface area contributed by atoms with E-state index in [1.54, 1.807) is 0 Å². The van der Waals surface area contributed by atoms with E-state index in [0.29, 0.717) is 19.6 Å². The maximum Gasteiger partial charge on any atom is 0.227 e. The van der Waals surface area contributed by atoms with Crippen LogP contribution in [0.3, 0.4) is 0 Å². The number of hydrogen-bond donors (Lipinski definition) is 2. The van der Waals surface area contributed by atoms with Crippen LogP contribution in [0, 0.1) is 0 Å². The van der Waals surface area contributed by atoms with Crippen LogP contribution in [0.5, 0.6) is 5.75 Å². The molecule has 0 aliphatic carbocycles. The molecule has 1 aliphatic heterocycles. The third kappa shape index (κ3) is 5.37. The number of hydrogen-bond acceptors (Lipinski definition) is 4. The quantitative estimate of drug-likeness (QED) is 0.675. The molecule has 0 bridgehead atoms. The van der Waals surface area contributed by atoms with E-state index in [4.69, 9.17) is 9.84 Å². The maximum atomic E-state index is 11.9. The van der Waals surface area contributed by atoms with Gasteiger partial charge in [-0.25, -0.2) is 0 Å². The molecule has 0 fully saturated rings. The van der Waals surface area contributed by atoms with Crippen molar-refractivity contribution in [3.05, 3.63) is 23.8 Å². The van der Waals surface area contributed by atoms with E-state index in [1.807, 2.05) is 30.0 Å². The Hall–Kier alpha value is -1.30. The topological polar surface area (TPSA) is 61.8 Å². The second-order valence-corrected chi connectivity index (χ2v) is 5.42. The number of nitrogens with one attached hydrogen (secondary N) is 1. The number of halogens is 1. The summed E-state index contributed by atoms with van der Waals surface area (Å²) >= 11 is 0. The number of benzene rings is 1. The van der Waals surface area contributed by atoms with Crippen LogP contribution in [0.1, 0.15) is 31.7 Å². The maximum absolute atomic E-state index is 11.9. The van der Waals surface area contributed by atoms with E-state index in [2.05, 4.69) is 5.32 Å². The van der Waals surface area contributed by atoms with Crippen LogP contribution in [0.4, 0.5) is 5.69 Å². The first kappa shape index (κ1) is 19.7. The second-order valence-electron chi connectivity index (χ2n) is 5.42. The summed E-state index contributed by atoms with van der Waals surface area (Å²) < 4.78 is 5.91. The lowest BCUT2D eigenvalue weighted by Crippen LogP contribution is -2.34. The van der Waals surface area contributed by atoms with E-state index in [0.717, 1.165) is 49.4 Å². The first-order chi connectivity index (χ1) is 10.8. The first-order valence-corrected chi connectivity index (χ1v) is 8.14. The van der Waals surface area contributed by atoms with Crippen molar-refractivity contribution >= 4 is 24.0 Å². The van der Waals surface area contributed by atoms with Gasteiger partial charge in [0.05, 0.1) is 12.3 Å². The number of aliphatic hydroxyl groups is 1. The summed E-state index contributed by atoms with van der Waals surface area (Å²) in [5.41, 5.74) is 2.15. The van der Waals surface area contributed by atoms with Gasteiger partial charge in [-0.2, -0.15) is 0 Å². The second kappa shape index (κ2) is 10.5. The molecule has 5 nitrogen and oxygen atoms in total. The van der Waals surface area contributed by atoms with Crippen molar-refractivity contribution in [3.8, 4) is 5.75 Å². The lowest BCUT2D eigenvalue weighted by molar-refractivity contribution is -0.118. The van der Waals surface area contributed by atoms with Gasteiger partial charge in [0.2, 0.25) is 5.91 Å². The zero-order chi connectivity index (χ0) is 15.8. The molecule has 0 aromatic heterocycles. The predicted octanol–water partition coefficient (Wildman–Crippen LogP) is 2.15. The molecule has 2 rings (SSSR count). The molecule has 1 aromatic carbocycles. The van der Waals surface area contributed by atoms with Crippen LogP contribution in [0.2, 0.25) is 0 Å². The number of anilines is 1. The van der Waals surface area contributed by atoms with Crippen molar-refractivity contribution in [1.29, 1.82) is 0 Å². The number of carbonyl (C=O) groups excluding carboxylic acids is 1. The largest absolute Gasteiger partial charge is 0.493 e. The minimum atomic E-state index is 0. The first-order valence-electron chi connectivity index (χ1n) is 8.14. The fourth-order valence-electron chi connectivity index (χ4n) is 2.75. The van der Waals surface area contributed by atoms with Crippen molar-refractivity contribution in [2.24, 2.45) is 0 Å². The third-order valence-electron chi connectivity index (χ3n) is 3.87. The molecule has 6 heteroatoms.